The summed E-state index contributed by atoms with van der Waals surface area (Å²) in [4.78, 5) is 0. The van der Waals surface area contributed by atoms with Crippen LogP contribution in [0.1, 0.15) is 5.56 Å². The zero-order valence-electron chi connectivity index (χ0n) is 13.5. The molecule has 0 atom stereocenters. The monoisotopic (exact) mass is 572 g/mol. The molecule has 0 fully saturated rings. The summed E-state index contributed by atoms with van der Waals surface area (Å²) < 4.78 is 123. The highest BCUT2D eigenvalue weighted by molar-refractivity contribution is 7.87. The molecule has 0 unspecified atom stereocenters. The largest absolute Gasteiger partial charge is 0.741 e. The van der Waals surface area contributed by atoms with Crippen molar-refractivity contribution < 1.29 is 78.2 Å². The van der Waals surface area contributed by atoms with Crippen LogP contribution in [0.5, 0.6) is 0 Å². The van der Waals surface area contributed by atoms with Crippen molar-refractivity contribution in [3.63, 3.8) is 0 Å². The van der Waals surface area contributed by atoms with Crippen molar-refractivity contribution in [2.75, 3.05) is 6.61 Å². The van der Waals surface area contributed by atoms with E-state index in [0.29, 0.717) is 0 Å². The van der Waals surface area contributed by atoms with E-state index in [1.807, 2.05) is 19.1 Å². The molecule has 7 nitrogen and oxygen atoms in total. The first-order valence-electron chi connectivity index (χ1n) is 6.43. The van der Waals surface area contributed by atoms with E-state index in [2.05, 4.69) is 4.18 Å². The van der Waals surface area contributed by atoms with Gasteiger partial charge in [0, 0.05) is 0 Å². The Morgan fingerprint density at radius 1 is 1.07 bits per heavy atom. The maximum Gasteiger partial charge on any atom is 0.534 e. The highest BCUT2D eigenvalue weighted by atomic mass is 127. The molecule has 0 aromatic heterocycles. The minimum absolute atomic E-state index is 0.615. The van der Waals surface area contributed by atoms with Gasteiger partial charge in [-0.05, 0) is 19.1 Å². The van der Waals surface area contributed by atoms with Gasteiger partial charge in [-0.25, -0.2) is 8.42 Å². The van der Waals surface area contributed by atoms with Gasteiger partial charge in [-0.3, -0.25) is 0 Å². The molecule has 16 heteroatoms. The zero-order valence-corrected chi connectivity index (χ0v) is 17.2. The fraction of sp³-hybridized carbons (Fsp3) is 0.333. The molecule has 0 aliphatic heterocycles. The van der Waals surface area contributed by atoms with E-state index in [1.165, 1.54) is 4.08 Å². The van der Waals surface area contributed by atoms with Crippen molar-refractivity contribution in [3.05, 3.63) is 43.2 Å². The fourth-order valence-electron chi connectivity index (χ4n) is 0.997. The minimum atomic E-state index is -6.09. The molecule has 0 saturated carbocycles. The van der Waals surface area contributed by atoms with E-state index in [-0.39, 0.29) is 0 Å². The number of aliphatic hydroxyl groups excluding tert-OH is 1. The van der Waals surface area contributed by atoms with Crippen LogP contribution in [-0.2, 0) is 24.4 Å². The minimum Gasteiger partial charge on any atom is -0.741 e. The Kier molecular flexibility index (Phi) is 9.68. The van der Waals surface area contributed by atoms with Gasteiger partial charge in [0.15, 0.2) is 19.4 Å². The number of aliphatic hydroxyl groups is 1. The van der Waals surface area contributed by atoms with Crippen LogP contribution >= 0.6 is 0 Å². The SMILES string of the molecule is Cc1ccc([I+]/C=C(\CO)OS(=O)(=O)C(F)(F)F)cc1.O=S(=O)([O-])C(F)(F)F. The lowest BCUT2D eigenvalue weighted by Crippen LogP contribution is -3.59. The van der Waals surface area contributed by atoms with E-state index >= 15 is 0 Å². The number of alkyl halides is 6. The molecular formula is C12H11F6IO7S2. The van der Waals surface area contributed by atoms with Crippen LogP contribution in [0, 0.1) is 10.5 Å². The van der Waals surface area contributed by atoms with Crippen molar-refractivity contribution in [2.45, 2.75) is 17.9 Å². The molecule has 0 aliphatic rings. The predicted octanol–water partition coefficient (Wildman–Crippen LogP) is -0.995. The molecule has 0 radical (unpaired) electrons. The standard InChI is InChI=1S/C11H11F3IO4S.CHF3O3S/c1-8-2-4-9(5-3-8)15-6-10(7-16)19-20(17,18)11(12,13)14;2-1(3,4)8(5,6)7/h2-6,16H,7H2,1H3;(H,5,6,7)/q+1;/p-1/b10-6+;. The second kappa shape index (κ2) is 10.1. The lowest BCUT2D eigenvalue weighted by Gasteiger charge is -2.08. The third kappa shape index (κ3) is 9.39. The highest BCUT2D eigenvalue weighted by Crippen LogP contribution is 2.26. The topological polar surface area (TPSA) is 121 Å². The predicted molar refractivity (Wildman–Crippen MR) is 76.9 cm³/mol. The van der Waals surface area contributed by atoms with Crippen molar-refractivity contribution in [1.29, 1.82) is 0 Å². The Labute approximate surface area is 166 Å². The molecule has 0 aliphatic carbocycles. The molecule has 0 saturated heterocycles. The number of benzene rings is 1. The second-order valence-electron chi connectivity index (χ2n) is 4.52. The molecule has 1 aromatic carbocycles. The number of hydrogen-bond donors (Lipinski definition) is 1. The van der Waals surface area contributed by atoms with Crippen molar-refractivity contribution >= 4 is 20.2 Å². The van der Waals surface area contributed by atoms with Crippen LogP contribution in [0.2, 0.25) is 0 Å². The normalized spacial score (nSPS) is 13.5. The van der Waals surface area contributed by atoms with Crippen LogP contribution in [0.15, 0.2) is 34.1 Å². The van der Waals surface area contributed by atoms with Crippen LogP contribution in [0.3, 0.4) is 0 Å². The van der Waals surface area contributed by atoms with E-state index in [9.17, 15) is 34.8 Å². The van der Waals surface area contributed by atoms with Crippen molar-refractivity contribution in [1.82, 2.24) is 0 Å². The van der Waals surface area contributed by atoms with Crippen LogP contribution in [-0.4, -0.2) is 44.1 Å². The lowest BCUT2D eigenvalue weighted by molar-refractivity contribution is -0.558. The highest BCUT2D eigenvalue weighted by Gasteiger charge is 2.49. The molecule has 1 N–H and O–H groups in total. The maximum absolute atomic E-state index is 12.1. The number of halogens is 7. The van der Waals surface area contributed by atoms with Gasteiger partial charge in [-0.1, -0.05) is 17.7 Å². The maximum atomic E-state index is 12.1. The van der Waals surface area contributed by atoms with E-state index in [0.717, 1.165) is 9.13 Å². The summed E-state index contributed by atoms with van der Waals surface area (Å²) in [6, 6.07) is 7.22. The molecule has 0 heterocycles. The van der Waals surface area contributed by atoms with Gasteiger partial charge in [0.1, 0.15) is 6.61 Å². The fourth-order valence-corrected chi connectivity index (χ4v) is 3.45. The van der Waals surface area contributed by atoms with Gasteiger partial charge in [0.2, 0.25) is 4.08 Å². The summed E-state index contributed by atoms with van der Waals surface area (Å²) in [5.41, 5.74) is -10.1. The second-order valence-corrected chi connectivity index (χ2v) is 9.92. The zero-order chi connectivity index (χ0) is 22.4. The third-order valence-corrected chi connectivity index (χ3v) is 6.26. The van der Waals surface area contributed by atoms with E-state index < -0.39 is 64.8 Å². The van der Waals surface area contributed by atoms with Crippen LogP contribution < -0.4 is 21.2 Å². The summed E-state index contributed by atoms with van der Waals surface area (Å²) in [6.07, 6.45) is 0. The Balaban J connectivity index is 0.000000769. The van der Waals surface area contributed by atoms with Crippen molar-refractivity contribution in [2.24, 2.45) is 0 Å². The summed E-state index contributed by atoms with van der Waals surface area (Å²) in [5.74, 6) is -0.615. The molecule has 28 heavy (non-hydrogen) atoms. The quantitative estimate of drug-likeness (QED) is 0.120. The first-order chi connectivity index (χ1) is 12.4. The Morgan fingerprint density at radius 2 is 1.50 bits per heavy atom. The van der Waals surface area contributed by atoms with Crippen molar-refractivity contribution in [3.8, 4) is 0 Å². The first-order valence-corrected chi connectivity index (χ1v) is 11.6. The van der Waals surface area contributed by atoms with Gasteiger partial charge in [-0.15, -0.1) is 0 Å². The Hall–Kier alpha value is -1.11. The molecule has 0 spiro atoms. The smallest absolute Gasteiger partial charge is 0.534 e. The Bertz CT molecular complexity index is 875. The molecule has 162 valence electrons. The molecule has 0 bridgehead atoms. The van der Waals surface area contributed by atoms with Gasteiger partial charge in [0.05, 0.1) is 0 Å². The summed E-state index contributed by atoms with van der Waals surface area (Å²) in [6.45, 7) is 0.969. The number of aryl methyl sites for hydroxylation is 1. The number of hydrogen-bond acceptors (Lipinski definition) is 7. The lowest BCUT2D eigenvalue weighted by atomic mass is 10.2. The Morgan fingerprint density at radius 3 is 1.82 bits per heavy atom. The summed E-state index contributed by atoms with van der Waals surface area (Å²) in [5, 5.41) is 8.87. The average Bonchev–Trinajstić information content (AvgIpc) is 2.50. The number of rotatable bonds is 5. The molecule has 0 amide bonds. The summed E-state index contributed by atoms with van der Waals surface area (Å²) >= 11 is -0.903. The first kappa shape index (κ1) is 26.9. The molecule has 1 aromatic rings. The van der Waals surface area contributed by atoms with Gasteiger partial charge < -0.3 is 13.8 Å². The average molecular weight is 572 g/mol. The molecule has 1 rings (SSSR count). The van der Waals surface area contributed by atoms with E-state index in [1.54, 1.807) is 12.1 Å². The summed E-state index contributed by atoms with van der Waals surface area (Å²) in [7, 11) is -11.8. The van der Waals surface area contributed by atoms with Crippen LogP contribution in [0.4, 0.5) is 26.3 Å². The third-order valence-electron chi connectivity index (χ3n) is 2.25. The van der Waals surface area contributed by atoms with E-state index in [4.69, 9.17) is 18.1 Å². The van der Waals surface area contributed by atoms with Crippen LogP contribution in [0.25, 0.3) is 0 Å². The van der Waals surface area contributed by atoms with Gasteiger partial charge in [0.25, 0.3) is 0 Å². The molecular weight excluding hydrogens is 561 g/mol. The van der Waals surface area contributed by atoms with Gasteiger partial charge >= 0.3 is 42.3 Å². The van der Waals surface area contributed by atoms with Gasteiger partial charge in [-0.2, -0.15) is 34.8 Å².